The van der Waals surface area contributed by atoms with Gasteiger partial charge in [-0.05, 0) is 17.7 Å². The van der Waals surface area contributed by atoms with Gasteiger partial charge in [-0.1, -0.05) is 6.07 Å². The lowest BCUT2D eigenvalue weighted by Gasteiger charge is -2.12. The minimum atomic E-state index is -0.723. The zero-order valence-corrected chi connectivity index (χ0v) is 12.8. The topological polar surface area (TPSA) is 142 Å². The third kappa shape index (κ3) is 2.64. The zero-order chi connectivity index (χ0) is 17.9. The molecule has 0 atom stereocenters. The average molecular weight is 324 g/mol. The van der Waals surface area contributed by atoms with Crippen LogP contribution in [0.25, 0.3) is 11.1 Å². The van der Waals surface area contributed by atoms with Gasteiger partial charge >= 0.3 is 5.97 Å². The van der Waals surface area contributed by atoms with Crippen molar-refractivity contribution in [3.05, 3.63) is 45.2 Å². The molecule has 1 aromatic heterocycles. The third-order valence-corrected chi connectivity index (χ3v) is 3.36. The predicted octanol–water partition coefficient (Wildman–Crippen LogP) is 1.16. The third-order valence-electron chi connectivity index (χ3n) is 3.36. The van der Waals surface area contributed by atoms with E-state index >= 15 is 0 Å². The van der Waals surface area contributed by atoms with E-state index in [1.807, 2.05) is 6.07 Å². The zero-order valence-electron chi connectivity index (χ0n) is 12.8. The summed E-state index contributed by atoms with van der Waals surface area (Å²) in [6.45, 7) is 0. The van der Waals surface area contributed by atoms with Crippen molar-refractivity contribution in [1.29, 1.82) is 10.5 Å². The maximum atomic E-state index is 11.9. The Balaban J connectivity index is 2.88. The number of aromatic nitrogens is 1. The Labute approximate surface area is 136 Å². The van der Waals surface area contributed by atoms with Gasteiger partial charge in [-0.2, -0.15) is 10.5 Å². The Morgan fingerprint density at radius 1 is 1.21 bits per heavy atom. The van der Waals surface area contributed by atoms with Gasteiger partial charge < -0.3 is 20.2 Å². The second-order valence-electron chi connectivity index (χ2n) is 4.62. The molecule has 2 rings (SSSR count). The van der Waals surface area contributed by atoms with E-state index in [0.29, 0.717) is 5.56 Å². The molecule has 1 aromatic carbocycles. The molecule has 0 aliphatic rings. The minimum absolute atomic E-state index is 0.0501. The lowest BCUT2D eigenvalue weighted by Crippen LogP contribution is -2.16. The number of nitrogen functional groups attached to an aromatic ring is 1. The number of carbonyl (C=O) groups is 1. The van der Waals surface area contributed by atoms with Gasteiger partial charge in [-0.3, -0.25) is 4.79 Å². The van der Waals surface area contributed by atoms with E-state index in [-0.39, 0.29) is 33.8 Å². The fraction of sp³-hybridized carbons (Fsp3) is 0.125. The number of H-pyrrole nitrogens is 1. The molecular formula is C16H12N4O4. The molecule has 0 unspecified atom stereocenters. The Bertz CT molecular complexity index is 964. The summed E-state index contributed by atoms with van der Waals surface area (Å²) < 4.78 is 9.78. The number of nitrogens with zero attached hydrogens (tertiary/aromatic N) is 2. The van der Waals surface area contributed by atoms with E-state index in [1.54, 1.807) is 6.07 Å². The first-order valence-corrected chi connectivity index (χ1v) is 6.61. The number of aromatic amines is 1. The molecular weight excluding hydrogens is 312 g/mol. The second-order valence-corrected chi connectivity index (χ2v) is 4.62. The van der Waals surface area contributed by atoms with E-state index < -0.39 is 11.5 Å². The molecule has 0 bridgehead atoms. The van der Waals surface area contributed by atoms with Crippen LogP contribution < -0.4 is 16.0 Å². The SMILES string of the molecule is COC(=O)c1cc(-c2c(C#N)c(N)[nH]c(=O)c2C#N)ccc1OC. The maximum Gasteiger partial charge on any atom is 0.341 e. The highest BCUT2D eigenvalue weighted by atomic mass is 16.5. The van der Waals surface area contributed by atoms with Gasteiger partial charge in [0.2, 0.25) is 0 Å². The quantitative estimate of drug-likeness (QED) is 0.806. The molecule has 0 amide bonds. The molecule has 0 aliphatic heterocycles. The molecule has 2 aromatic rings. The van der Waals surface area contributed by atoms with E-state index in [9.17, 15) is 20.1 Å². The van der Waals surface area contributed by atoms with Gasteiger partial charge in [-0.25, -0.2) is 4.79 Å². The molecule has 0 spiro atoms. The van der Waals surface area contributed by atoms with Crippen molar-refractivity contribution in [2.75, 3.05) is 20.0 Å². The molecule has 3 N–H and O–H groups in total. The maximum absolute atomic E-state index is 11.9. The summed E-state index contributed by atoms with van der Waals surface area (Å²) in [5, 5.41) is 18.6. The summed E-state index contributed by atoms with van der Waals surface area (Å²) in [5.74, 6) is -0.573. The van der Waals surface area contributed by atoms with Crippen LogP contribution in [0.2, 0.25) is 0 Å². The Kier molecular flexibility index (Phi) is 4.52. The number of nitriles is 2. The summed E-state index contributed by atoms with van der Waals surface area (Å²) in [5.41, 5.74) is 5.04. The first kappa shape index (κ1) is 16.6. The van der Waals surface area contributed by atoms with Gasteiger partial charge in [0.1, 0.15) is 40.4 Å². The first-order valence-electron chi connectivity index (χ1n) is 6.61. The Hall–Kier alpha value is -3.78. The molecule has 24 heavy (non-hydrogen) atoms. The normalized spacial score (nSPS) is 9.67. The lowest BCUT2D eigenvalue weighted by atomic mass is 9.95. The van der Waals surface area contributed by atoms with E-state index in [2.05, 4.69) is 9.72 Å². The monoisotopic (exact) mass is 324 g/mol. The van der Waals surface area contributed by atoms with Crippen LogP contribution >= 0.6 is 0 Å². The van der Waals surface area contributed by atoms with Crippen molar-refractivity contribution in [3.63, 3.8) is 0 Å². The standard InChI is InChI=1S/C16H12N4O4/c1-23-12-4-3-8(5-9(12)16(22)24-2)13-10(6-17)14(19)20-15(21)11(13)7-18/h3-5H,1-2H3,(H3,19,20,21). The van der Waals surface area contributed by atoms with Crippen LogP contribution in [0.1, 0.15) is 21.5 Å². The first-order chi connectivity index (χ1) is 11.5. The number of hydrogen-bond acceptors (Lipinski definition) is 7. The van der Waals surface area contributed by atoms with Crippen LogP contribution in [0, 0.1) is 22.7 Å². The number of benzene rings is 1. The van der Waals surface area contributed by atoms with Crippen molar-refractivity contribution in [1.82, 2.24) is 4.98 Å². The summed E-state index contributed by atoms with van der Waals surface area (Å²) in [6.07, 6.45) is 0. The molecule has 8 heteroatoms. The smallest absolute Gasteiger partial charge is 0.341 e. The molecule has 1 heterocycles. The fourth-order valence-electron chi connectivity index (χ4n) is 2.26. The molecule has 0 saturated heterocycles. The van der Waals surface area contributed by atoms with Crippen LogP contribution in [-0.4, -0.2) is 25.2 Å². The van der Waals surface area contributed by atoms with Crippen LogP contribution in [0.15, 0.2) is 23.0 Å². The van der Waals surface area contributed by atoms with Gasteiger partial charge in [0.05, 0.1) is 14.2 Å². The number of pyridine rings is 1. The minimum Gasteiger partial charge on any atom is -0.496 e. The largest absolute Gasteiger partial charge is 0.496 e. The van der Waals surface area contributed by atoms with Crippen LogP contribution in [0.5, 0.6) is 5.75 Å². The van der Waals surface area contributed by atoms with Crippen molar-refractivity contribution in [3.8, 4) is 29.0 Å². The Morgan fingerprint density at radius 3 is 2.42 bits per heavy atom. The summed E-state index contributed by atoms with van der Waals surface area (Å²) in [7, 11) is 2.59. The highest BCUT2D eigenvalue weighted by molar-refractivity contribution is 5.95. The van der Waals surface area contributed by atoms with Gasteiger partial charge in [0.15, 0.2) is 0 Å². The van der Waals surface area contributed by atoms with Crippen molar-refractivity contribution in [2.24, 2.45) is 0 Å². The number of rotatable bonds is 3. The molecule has 120 valence electrons. The molecule has 0 fully saturated rings. The highest BCUT2D eigenvalue weighted by Gasteiger charge is 2.21. The number of hydrogen-bond donors (Lipinski definition) is 2. The van der Waals surface area contributed by atoms with E-state index in [4.69, 9.17) is 10.5 Å². The summed E-state index contributed by atoms with van der Waals surface area (Å²) in [4.78, 5) is 26.1. The number of anilines is 1. The van der Waals surface area contributed by atoms with Gasteiger partial charge in [0, 0.05) is 5.56 Å². The van der Waals surface area contributed by atoms with Crippen LogP contribution in [0.4, 0.5) is 5.82 Å². The fourth-order valence-corrected chi connectivity index (χ4v) is 2.26. The van der Waals surface area contributed by atoms with E-state index in [0.717, 1.165) is 0 Å². The molecule has 8 nitrogen and oxygen atoms in total. The summed E-state index contributed by atoms with van der Waals surface area (Å²) >= 11 is 0. The van der Waals surface area contributed by atoms with Gasteiger partial charge in [0.25, 0.3) is 5.56 Å². The molecule has 0 aliphatic carbocycles. The van der Waals surface area contributed by atoms with Gasteiger partial charge in [-0.15, -0.1) is 0 Å². The summed E-state index contributed by atoms with van der Waals surface area (Å²) in [6, 6.07) is 7.98. The number of nitrogens with two attached hydrogens (primary N) is 1. The lowest BCUT2D eigenvalue weighted by molar-refractivity contribution is 0.0597. The Morgan fingerprint density at radius 2 is 1.88 bits per heavy atom. The number of ether oxygens (including phenoxy) is 2. The predicted molar refractivity (Wildman–Crippen MR) is 84.2 cm³/mol. The number of carbonyl (C=O) groups excluding carboxylic acids is 1. The number of methoxy groups -OCH3 is 2. The molecule has 0 saturated carbocycles. The second kappa shape index (κ2) is 6.55. The van der Waals surface area contributed by atoms with Crippen LogP contribution in [-0.2, 0) is 4.74 Å². The van der Waals surface area contributed by atoms with Crippen molar-refractivity contribution < 1.29 is 14.3 Å². The van der Waals surface area contributed by atoms with E-state index in [1.165, 1.54) is 32.4 Å². The average Bonchev–Trinajstić information content (AvgIpc) is 2.59. The van der Waals surface area contributed by atoms with Crippen molar-refractivity contribution in [2.45, 2.75) is 0 Å². The van der Waals surface area contributed by atoms with Crippen molar-refractivity contribution >= 4 is 11.8 Å². The number of nitrogens with one attached hydrogen (secondary N) is 1. The van der Waals surface area contributed by atoms with Crippen LogP contribution in [0.3, 0.4) is 0 Å². The number of esters is 1. The molecule has 0 radical (unpaired) electrons. The highest BCUT2D eigenvalue weighted by Crippen LogP contribution is 2.31.